The molecule has 0 fully saturated rings. The summed E-state index contributed by atoms with van der Waals surface area (Å²) in [4.78, 5) is 0. The number of allylic oxidation sites excluding steroid dienone is 2. The Morgan fingerprint density at radius 2 is 2.42 bits per heavy atom. The molecule has 2 unspecified atom stereocenters. The number of aliphatic hydroxyl groups is 1. The van der Waals surface area contributed by atoms with Gasteiger partial charge in [0.1, 0.15) is 0 Å². The predicted molar refractivity (Wildman–Crippen MR) is 51.0 cm³/mol. The zero-order valence-electron chi connectivity index (χ0n) is 7.79. The van der Waals surface area contributed by atoms with E-state index in [1.807, 2.05) is 6.92 Å². The molecule has 2 nitrogen and oxygen atoms in total. The van der Waals surface area contributed by atoms with Gasteiger partial charge in [-0.3, -0.25) is 0 Å². The molecule has 0 saturated heterocycles. The van der Waals surface area contributed by atoms with Crippen molar-refractivity contribution in [1.29, 1.82) is 0 Å². The monoisotopic (exact) mass is 169 g/mol. The average Bonchev–Trinajstić information content (AvgIpc) is 2.16. The van der Waals surface area contributed by atoms with Gasteiger partial charge in [0.05, 0.1) is 6.61 Å². The molecule has 2 atom stereocenters. The Labute approximate surface area is 74.7 Å². The molecule has 0 heterocycles. The molecular weight excluding hydrogens is 150 g/mol. The SMILES string of the molecule is CC(CO)NCC1CC=CCC1. The minimum atomic E-state index is 0.239. The van der Waals surface area contributed by atoms with Gasteiger partial charge in [-0.2, -0.15) is 0 Å². The molecule has 2 N–H and O–H groups in total. The van der Waals surface area contributed by atoms with Crippen LogP contribution < -0.4 is 5.32 Å². The predicted octanol–water partition coefficient (Wildman–Crippen LogP) is 1.31. The Balaban J connectivity index is 2.10. The molecule has 2 heteroatoms. The first-order valence-electron chi connectivity index (χ1n) is 4.82. The van der Waals surface area contributed by atoms with Gasteiger partial charge in [0.15, 0.2) is 0 Å². The highest BCUT2D eigenvalue weighted by molar-refractivity contribution is 4.90. The van der Waals surface area contributed by atoms with Crippen LogP contribution in [0.5, 0.6) is 0 Å². The molecule has 0 amide bonds. The van der Waals surface area contributed by atoms with E-state index in [4.69, 9.17) is 5.11 Å². The molecule has 70 valence electrons. The Kier molecular flexibility index (Phi) is 4.33. The van der Waals surface area contributed by atoms with E-state index in [0.717, 1.165) is 12.5 Å². The quantitative estimate of drug-likeness (QED) is 0.622. The van der Waals surface area contributed by atoms with Crippen LogP contribution in [0.4, 0.5) is 0 Å². The van der Waals surface area contributed by atoms with Gasteiger partial charge in [-0.15, -0.1) is 0 Å². The smallest absolute Gasteiger partial charge is 0.0581 e. The summed E-state index contributed by atoms with van der Waals surface area (Å²) in [6.07, 6.45) is 8.23. The van der Waals surface area contributed by atoms with Crippen molar-refractivity contribution in [3.63, 3.8) is 0 Å². The lowest BCUT2D eigenvalue weighted by atomic mass is 9.94. The number of rotatable bonds is 4. The van der Waals surface area contributed by atoms with Crippen LogP contribution in [0.1, 0.15) is 26.2 Å². The van der Waals surface area contributed by atoms with Crippen molar-refractivity contribution in [2.24, 2.45) is 5.92 Å². The molecule has 12 heavy (non-hydrogen) atoms. The largest absolute Gasteiger partial charge is 0.395 e. The van der Waals surface area contributed by atoms with E-state index in [1.165, 1.54) is 19.3 Å². The lowest BCUT2D eigenvalue weighted by molar-refractivity contribution is 0.244. The minimum absolute atomic E-state index is 0.239. The van der Waals surface area contributed by atoms with Crippen LogP contribution in [-0.2, 0) is 0 Å². The van der Waals surface area contributed by atoms with Crippen LogP contribution in [0.15, 0.2) is 12.2 Å². The molecule has 0 bridgehead atoms. The molecule has 0 aromatic heterocycles. The van der Waals surface area contributed by atoms with Gasteiger partial charge in [0, 0.05) is 6.04 Å². The Morgan fingerprint density at radius 1 is 1.58 bits per heavy atom. The van der Waals surface area contributed by atoms with Gasteiger partial charge in [0.2, 0.25) is 0 Å². The standard InChI is InChI=1S/C10H19NO/c1-9(8-12)11-7-10-5-3-2-4-6-10/h2-3,9-12H,4-8H2,1H3. The lowest BCUT2D eigenvalue weighted by Gasteiger charge is -2.20. The molecule has 1 aliphatic rings. The van der Waals surface area contributed by atoms with Gasteiger partial charge in [0.25, 0.3) is 0 Å². The zero-order chi connectivity index (χ0) is 8.81. The highest BCUT2D eigenvalue weighted by Gasteiger charge is 2.10. The number of hydrogen-bond donors (Lipinski definition) is 2. The molecule has 0 aliphatic heterocycles. The third-order valence-electron chi connectivity index (χ3n) is 2.41. The molecular formula is C10H19NO. The van der Waals surface area contributed by atoms with Gasteiger partial charge >= 0.3 is 0 Å². The maximum atomic E-state index is 8.79. The summed E-state index contributed by atoms with van der Waals surface area (Å²) in [5, 5.41) is 12.1. The zero-order valence-corrected chi connectivity index (χ0v) is 7.79. The first-order chi connectivity index (χ1) is 5.83. The second kappa shape index (κ2) is 5.33. The highest BCUT2D eigenvalue weighted by atomic mass is 16.3. The molecule has 0 radical (unpaired) electrons. The van der Waals surface area contributed by atoms with Crippen LogP contribution in [0.3, 0.4) is 0 Å². The summed E-state index contributed by atoms with van der Waals surface area (Å²) in [6, 6.07) is 0.246. The Hall–Kier alpha value is -0.340. The van der Waals surface area contributed by atoms with E-state index in [-0.39, 0.29) is 12.6 Å². The van der Waals surface area contributed by atoms with Gasteiger partial charge in [-0.1, -0.05) is 12.2 Å². The topological polar surface area (TPSA) is 32.3 Å². The highest BCUT2D eigenvalue weighted by Crippen LogP contribution is 2.16. The van der Waals surface area contributed by atoms with Gasteiger partial charge in [-0.25, -0.2) is 0 Å². The summed E-state index contributed by atoms with van der Waals surface area (Å²) in [5.41, 5.74) is 0. The molecule has 0 saturated carbocycles. The third-order valence-corrected chi connectivity index (χ3v) is 2.41. The number of hydrogen-bond acceptors (Lipinski definition) is 2. The van der Waals surface area contributed by atoms with Crippen molar-refractivity contribution in [2.75, 3.05) is 13.2 Å². The van der Waals surface area contributed by atoms with Crippen molar-refractivity contribution in [3.8, 4) is 0 Å². The maximum Gasteiger partial charge on any atom is 0.0581 e. The van der Waals surface area contributed by atoms with Gasteiger partial charge < -0.3 is 10.4 Å². The third kappa shape index (κ3) is 3.37. The van der Waals surface area contributed by atoms with E-state index in [2.05, 4.69) is 17.5 Å². The summed E-state index contributed by atoms with van der Waals surface area (Å²) in [6.45, 7) is 3.30. The number of nitrogens with one attached hydrogen (secondary N) is 1. The average molecular weight is 169 g/mol. The van der Waals surface area contributed by atoms with E-state index < -0.39 is 0 Å². The number of aliphatic hydroxyl groups excluding tert-OH is 1. The molecule has 0 aromatic rings. The first-order valence-corrected chi connectivity index (χ1v) is 4.82. The maximum absolute atomic E-state index is 8.79. The summed E-state index contributed by atoms with van der Waals surface area (Å²) < 4.78 is 0. The Morgan fingerprint density at radius 3 is 3.00 bits per heavy atom. The molecule has 0 spiro atoms. The lowest BCUT2D eigenvalue weighted by Crippen LogP contribution is -2.33. The fraction of sp³-hybridized carbons (Fsp3) is 0.800. The fourth-order valence-electron chi connectivity index (χ4n) is 1.47. The van der Waals surface area contributed by atoms with E-state index in [1.54, 1.807) is 0 Å². The van der Waals surface area contributed by atoms with Crippen molar-refractivity contribution in [1.82, 2.24) is 5.32 Å². The van der Waals surface area contributed by atoms with Crippen LogP contribution in [0.2, 0.25) is 0 Å². The second-order valence-corrected chi connectivity index (χ2v) is 3.64. The van der Waals surface area contributed by atoms with Crippen LogP contribution >= 0.6 is 0 Å². The van der Waals surface area contributed by atoms with Crippen molar-refractivity contribution < 1.29 is 5.11 Å². The second-order valence-electron chi connectivity index (χ2n) is 3.64. The van der Waals surface area contributed by atoms with Crippen LogP contribution in [0, 0.1) is 5.92 Å². The minimum Gasteiger partial charge on any atom is -0.395 e. The van der Waals surface area contributed by atoms with Crippen LogP contribution in [0.25, 0.3) is 0 Å². The first kappa shape index (κ1) is 9.75. The summed E-state index contributed by atoms with van der Waals surface area (Å²) in [7, 11) is 0. The van der Waals surface area contributed by atoms with Crippen molar-refractivity contribution in [3.05, 3.63) is 12.2 Å². The van der Waals surface area contributed by atoms with Crippen molar-refractivity contribution >= 4 is 0 Å². The van der Waals surface area contributed by atoms with Gasteiger partial charge in [-0.05, 0) is 38.6 Å². The van der Waals surface area contributed by atoms with Crippen molar-refractivity contribution in [2.45, 2.75) is 32.2 Å². The summed E-state index contributed by atoms with van der Waals surface area (Å²) >= 11 is 0. The normalized spacial score (nSPS) is 25.7. The Bertz CT molecular complexity index is 145. The molecule has 1 aliphatic carbocycles. The molecule has 0 aromatic carbocycles. The fourth-order valence-corrected chi connectivity index (χ4v) is 1.47. The van der Waals surface area contributed by atoms with E-state index in [9.17, 15) is 0 Å². The van der Waals surface area contributed by atoms with E-state index in [0.29, 0.717) is 0 Å². The summed E-state index contributed by atoms with van der Waals surface area (Å²) in [5.74, 6) is 0.781. The molecule has 1 rings (SSSR count). The van der Waals surface area contributed by atoms with E-state index >= 15 is 0 Å². The van der Waals surface area contributed by atoms with Crippen LogP contribution in [-0.4, -0.2) is 24.3 Å².